The van der Waals surface area contributed by atoms with E-state index in [2.05, 4.69) is 121 Å². The Morgan fingerprint density at radius 2 is 1.18 bits per heavy atom. The topological polar surface area (TPSA) is 38.9 Å². The minimum atomic E-state index is 0.673. The molecule has 0 aliphatic heterocycles. The highest BCUT2D eigenvalue weighted by Crippen LogP contribution is 2.39. The first-order chi connectivity index (χ1) is 18.5. The maximum absolute atomic E-state index is 4.54. The molecule has 0 bridgehead atoms. The van der Waals surface area contributed by atoms with Gasteiger partial charge in [-0.05, 0) is 104 Å². The van der Waals surface area contributed by atoms with Crippen LogP contribution in [-0.4, -0.2) is 19.6 Å². The van der Waals surface area contributed by atoms with Crippen LogP contribution < -0.4 is 4.90 Å². The fraction of sp³-hybridized carbons (Fsp3) is 0.273. The summed E-state index contributed by atoms with van der Waals surface area (Å²) in [7, 11) is 0. The van der Waals surface area contributed by atoms with Crippen LogP contribution in [0.4, 0.5) is 17.1 Å². The summed E-state index contributed by atoms with van der Waals surface area (Å²) >= 11 is 0. The van der Waals surface area contributed by atoms with E-state index in [1.54, 1.807) is 0 Å². The van der Waals surface area contributed by atoms with Crippen LogP contribution in [0.2, 0.25) is 0 Å². The largest absolute Gasteiger partial charge is 0.310 e. The van der Waals surface area contributed by atoms with E-state index >= 15 is 0 Å². The Morgan fingerprint density at radius 3 is 1.66 bits per heavy atom. The standard InChI is InChI=1S/C33H35N5/c1-24-10-12-27(13-11-24)28-14-16-29(17-15-28)38(32-8-4-6-30(18-32)36-22-25(2)20-34-36)33-9-5-7-31(19-33)37-23-26(3)21-35-37/h4-9,14-24,27H,10-13H2,1-3H3. The summed E-state index contributed by atoms with van der Waals surface area (Å²) in [6, 6.07) is 26.4. The van der Waals surface area contributed by atoms with Crippen molar-refractivity contribution in [2.75, 3.05) is 4.90 Å². The van der Waals surface area contributed by atoms with Gasteiger partial charge in [0.15, 0.2) is 0 Å². The van der Waals surface area contributed by atoms with Crippen molar-refractivity contribution in [1.82, 2.24) is 19.6 Å². The first kappa shape index (κ1) is 24.2. The zero-order chi connectivity index (χ0) is 26.1. The molecule has 5 heteroatoms. The van der Waals surface area contributed by atoms with Gasteiger partial charge in [-0.1, -0.05) is 44.0 Å². The number of anilines is 3. The second-order valence-corrected chi connectivity index (χ2v) is 10.8. The molecule has 0 saturated heterocycles. The zero-order valence-electron chi connectivity index (χ0n) is 22.5. The number of aryl methyl sites for hydroxylation is 2. The molecule has 1 saturated carbocycles. The average Bonchev–Trinajstić information content (AvgIpc) is 3.58. The molecule has 3 aromatic carbocycles. The summed E-state index contributed by atoms with van der Waals surface area (Å²) in [6.07, 6.45) is 13.2. The summed E-state index contributed by atoms with van der Waals surface area (Å²) in [5.74, 6) is 1.53. The lowest BCUT2D eigenvalue weighted by Crippen LogP contribution is -2.13. The second kappa shape index (κ2) is 10.3. The molecule has 1 aliphatic carbocycles. The third-order valence-electron chi connectivity index (χ3n) is 7.77. The van der Waals surface area contributed by atoms with Crippen molar-refractivity contribution in [3.8, 4) is 11.4 Å². The Hall–Kier alpha value is -4.12. The highest BCUT2D eigenvalue weighted by Gasteiger charge is 2.21. The Bertz CT molecular complexity index is 1440. The van der Waals surface area contributed by atoms with E-state index < -0.39 is 0 Å². The molecule has 0 radical (unpaired) electrons. The molecule has 0 unspecified atom stereocenters. The van der Waals surface area contributed by atoms with Crippen LogP contribution in [0.25, 0.3) is 11.4 Å². The van der Waals surface area contributed by atoms with E-state index in [0.29, 0.717) is 5.92 Å². The van der Waals surface area contributed by atoms with Gasteiger partial charge >= 0.3 is 0 Å². The van der Waals surface area contributed by atoms with Gasteiger partial charge in [0.25, 0.3) is 0 Å². The first-order valence-electron chi connectivity index (χ1n) is 13.7. The second-order valence-electron chi connectivity index (χ2n) is 10.8. The van der Waals surface area contributed by atoms with Crippen LogP contribution in [-0.2, 0) is 0 Å². The number of nitrogens with zero attached hydrogens (tertiary/aromatic N) is 5. The molecule has 2 aromatic heterocycles. The lowest BCUT2D eigenvalue weighted by Gasteiger charge is -2.29. The van der Waals surface area contributed by atoms with Gasteiger partial charge in [-0.2, -0.15) is 10.2 Å². The van der Waals surface area contributed by atoms with Crippen molar-refractivity contribution in [2.45, 2.75) is 52.4 Å². The van der Waals surface area contributed by atoms with Crippen LogP contribution >= 0.6 is 0 Å². The Balaban J connectivity index is 1.41. The Morgan fingerprint density at radius 1 is 0.658 bits per heavy atom. The maximum Gasteiger partial charge on any atom is 0.0666 e. The number of hydrogen-bond acceptors (Lipinski definition) is 3. The van der Waals surface area contributed by atoms with Gasteiger partial charge in [0.05, 0.1) is 23.8 Å². The number of benzene rings is 3. The SMILES string of the molecule is Cc1cnn(-c2cccc(N(c3ccc(C4CCC(C)CC4)cc3)c3cccc(-n4cc(C)cn4)c3)c2)c1. The molecule has 2 heterocycles. The van der Waals surface area contributed by atoms with Gasteiger partial charge in [-0.25, -0.2) is 9.36 Å². The number of hydrogen-bond donors (Lipinski definition) is 0. The van der Waals surface area contributed by atoms with Crippen molar-refractivity contribution in [3.05, 3.63) is 114 Å². The number of aromatic nitrogens is 4. The zero-order valence-corrected chi connectivity index (χ0v) is 22.5. The Kier molecular flexibility index (Phi) is 6.59. The fourth-order valence-corrected chi connectivity index (χ4v) is 5.59. The fourth-order valence-electron chi connectivity index (χ4n) is 5.59. The summed E-state index contributed by atoms with van der Waals surface area (Å²) in [5, 5.41) is 9.09. The minimum Gasteiger partial charge on any atom is -0.310 e. The van der Waals surface area contributed by atoms with Crippen LogP contribution in [0.15, 0.2) is 97.6 Å². The third kappa shape index (κ3) is 5.01. The van der Waals surface area contributed by atoms with Crippen LogP contribution in [0.3, 0.4) is 0 Å². The lowest BCUT2D eigenvalue weighted by molar-refractivity contribution is 0.348. The maximum atomic E-state index is 4.54. The van der Waals surface area contributed by atoms with Gasteiger partial charge in [0.2, 0.25) is 0 Å². The van der Waals surface area contributed by atoms with Crippen LogP contribution in [0.5, 0.6) is 0 Å². The van der Waals surface area contributed by atoms with Crippen molar-refractivity contribution in [2.24, 2.45) is 5.92 Å². The van der Waals surface area contributed by atoms with Crippen molar-refractivity contribution in [1.29, 1.82) is 0 Å². The molecule has 1 fully saturated rings. The van der Waals surface area contributed by atoms with E-state index in [-0.39, 0.29) is 0 Å². The molecular weight excluding hydrogens is 466 g/mol. The highest BCUT2D eigenvalue weighted by atomic mass is 15.3. The molecular formula is C33H35N5. The predicted molar refractivity (Wildman–Crippen MR) is 155 cm³/mol. The molecule has 0 N–H and O–H groups in total. The molecule has 0 atom stereocenters. The van der Waals surface area contributed by atoms with Gasteiger partial charge in [0, 0.05) is 29.5 Å². The van der Waals surface area contributed by atoms with Crippen molar-refractivity contribution < 1.29 is 0 Å². The number of rotatable bonds is 6. The molecule has 192 valence electrons. The van der Waals surface area contributed by atoms with Gasteiger partial charge in [0.1, 0.15) is 0 Å². The molecule has 1 aliphatic rings. The van der Waals surface area contributed by atoms with Gasteiger partial charge < -0.3 is 4.90 Å². The van der Waals surface area contributed by atoms with Crippen molar-refractivity contribution >= 4 is 17.1 Å². The van der Waals surface area contributed by atoms with Gasteiger partial charge in [-0.15, -0.1) is 0 Å². The molecule has 0 amide bonds. The smallest absolute Gasteiger partial charge is 0.0666 e. The molecule has 0 spiro atoms. The summed E-state index contributed by atoms with van der Waals surface area (Å²) in [4.78, 5) is 2.33. The first-order valence-corrected chi connectivity index (χ1v) is 13.7. The van der Waals surface area contributed by atoms with E-state index in [0.717, 1.165) is 45.5 Å². The van der Waals surface area contributed by atoms with E-state index in [1.807, 2.05) is 21.8 Å². The van der Waals surface area contributed by atoms with Crippen molar-refractivity contribution in [3.63, 3.8) is 0 Å². The summed E-state index contributed by atoms with van der Waals surface area (Å²) in [6.45, 7) is 6.52. The van der Waals surface area contributed by atoms with Crippen LogP contribution in [0, 0.1) is 19.8 Å². The third-order valence-corrected chi connectivity index (χ3v) is 7.77. The normalized spacial score (nSPS) is 17.4. The monoisotopic (exact) mass is 501 g/mol. The average molecular weight is 502 g/mol. The minimum absolute atomic E-state index is 0.673. The summed E-state index contributed by atoms with van der Waals surface area (Å²) in [5.41, 5.74) is 9.12. The van der Waals surface area contributed by atoms with E-state index in [4.69, 9.17) is 0 Å². The molecule has 5 aromatic rings. The quantitative estimate of drug-likeness (QED) is 0.234. The molecule has 38 heavy (non-hydrogen) atoms. The van der Waals surface area contributed by atoms with E-state index in [9.17, 15) is 0 Å². The predicted octanol–water partition coefficient (Wildman–Crippen LogP) is 8.44. The molecule has 5 nitrogen and oxygen atoms in total. The Labute approximate surface area is 225 Å². The van der Waals surface area contributed by atoms with Crippen LogP contribution in [0.1, 0.15) is 55.2 Å². The van der Waals surface area contributed by atoms with E-state index in [1.165, 1.54) is 31.2 Å². The summed E-state index contributed by atoms with van der Waals surface area (Å²) < 4.78 is 3.88. The molecule has 6 rings (SSSR count). The highest BCUT2D eigenvalue weighted by molar-refractivity contribution is 5.78. The lowest BCUT2D eigenvalue weighted by atomic mass is 9.79. The van der Waals surface area contributed by atoms with Gasteiger partial charge in [-0.3, -0.25) is 0 Å².